The number of piperidine rings is 1. The van der Waals surface area contributed by atoms with Gasteiger partial charge in [0.1, 0.15) is 0 Å². The molecule has 5 heteroatoms. The molecule has 0 aromatic heterocycles. The Morgan fingerprint density at radius 2 is 1.96 bits per heavy atom. The Labute approximate surface area is 150 Å². The standard InChI is InChI=1S/C20H29N3O2/c1-2-12-23(18-8-10-21-11-9-18)20(25)17-13-19(24)22(15-17)14-16-6-4-3-5-7-16/h3-7,17-18,21H,2,8-15H2,1H3. The number of hydrogen-bond acceptors (Lipinski definition) is 3. The maximum absolute atomic E-state index is 13.1. The molecule has 1 unspecified atom stereocenters. The van der Waals surface area contributed by atoms with Crippen LogP contribution in [0, 0.1) is 5.92 Å². The van der Waals surface area contributed by atoms with Crippen LogP contribution in [0.5, 0.6) is 0 Å². The Morgan fingerprint density at radius 1 is 1.24 bits per heavy atom. The summed E-state index contributed by atoms with van der Waals surface area (Å²) in [6.45, 7) is 6.02. The van der Waals surface area contributed by atoms with Crippen molar-refractivity contribution >= 4 is 11.8 Å². The summed E-state index contributed by atoms with van der Waals surface area (Å²) in [6.07, 6.45) is 3.35. The molecule has 1 aromatic rings. The number of rotatable bonds is 6. The Morgan fingerprint density at radius 3 is 2.64 bits per heavy atom. The van der Waals surface area contributed by atoms with E-state index in [1.807, 2.05) is 35.2 Å². The minimum atomic E-state index is -0.183. The summed E-state index contributed by atoms with van der Waals surface area (Å²) in [7, 11) is 0. The van der Waals surface area contributed by atoms with Gasteiger partial charge in [-0.3, -0.25) is 9.59 Å². The number of benzene rings is 1. The van der Waals surface area contributed by atoms with Gasteiger partial charge < -0.3 is 15.1 Å². The quantitative estimate of drug-likeness (QED) is 0.860. The lowest BCUT2D eigenvalue weighted by Crippen LogP contribution is -2.48. The number of likely N-dealkylation sites (tertiary alicyclic amines) is 1. The zero-order valence-electron chi connectivity index (χ0n) is 15.1. The molecule has 0 saturated carbocycles. The Hall–Kier alpha value is -1.88. The second kappa shape index (κ2) is 8.48. The zero-order chi connectivity index (χ0) is 17.6. The number of nitrogens with one attached hydrogen (secondary N) is 1. The molecule has 0 radical (unpaired) electrons. The van der Waals surface area contributed by atoms with Crippen molar-refractivity contribution in [3.05, 3.63) is 35.9 Å². The van der Waals surface area contributed by atoms with Gasteiger partial charge in [0.15, 0.2) is 0 Å². The van der Waals surface area contributed by atoms with Gasteiger partial charge in [0, 0.05) is 32.1 Å². The lowest BCUT2D eigenvalue weighted by Gasteiger charge is -2.36. The number of amides is 2. The normalized spacial score (nSPS) is 21.6. The van der Waals surface area contributed by atoms with Crippen molar-refractivity contribution in [2.75, 3.05) is 26.2 Å². The number of nitrogens with zero attached hydrogens (tertiary/aromatic N) is 2. The lowest BCUT2D eigenvalue weighted by molar-refractivity contribution is -0.138. The van der Waals surface area contributed by atoms with Crippen LogP contribution in [-0.4, -0.2) is 53.8 Å². The van der Waals surface area contributed by atoms with Crippen LogP contribution in [0.4, 0.5) is 0 Å². The molecule has 2 heterocycles. The number of carbonyl (C=O) groups is 2. The predicted octanol–water partition coefficient (Wildman–Crippen LogP) is 2.03. The van der Waals surface area contributed by atoms with Gasteiger partial charge >= 0.3 is 0 Å². The smallest absolute Gasteiger partial charge is 0.228 e. The molecule has 2 aliphatic rings. The monoisotopic (exact) mass is 343 g/mol. The lowest BCUT2D eigenvalue weighted by atomic mass is 10.0. The van der Waals surface area contributed by atoms with Gasteiger partial charge in [-0.1, -0.05) is 37.3 Å². The predicted molar refractivity (Wildman–Crippen MR) is 97.9 cm³/mol. The molecule has 0 aliphatic carbocycles. The molecule has 5 nitrogen and oxygen atoms in total. The van der Waals surface area contributed by atoms with E-state index in [0.717, 1.165) is 44.5 Å². The maximum Gasteiger partial charge on any atom is 0.228 e. The Balaban J connectivity index is 1.63. The third-order valence-electron chi connectivity index (χ3n) is 5.28. The van der Waals surface area contributed by atoms with Crippen LogP contribution in [0.25, 0.3) is 0 Å². The zero-order valence-corrected chi connectivity index (χ0v) is 15.1. The highest BCUT2D eigenvalue weighted by Gasteiger charge is 2.38. The summed E-state index contributed by atoms with van der Waals surface area (Å²) in [5, 5.41) is 3.36. The number of carbonyl (C=O) groups excluding carboxylic acids is 2. The molecule has 0 spiro atoms. The van der Waals surface area contributed by atoms with E-state index in [9.17, 15) is 9.59 Å². The van der Waals surface area contributed by atoms with Crippen LogP contribution in [0.2, 0.25) is 0 Å². The largest absolute Gasteiger partial charge is 0.339 e. The fourth-order valence-corrected chi connectivity index (χ4v) is 3.96. The maximum atomic E-state index is 13.1. The molecule has 2 aliphatic heterocycles. The molecule has 2 amide bonds. The molecule has 1 atom stereocenters. The summed E-state index contributed by atoms with van der Waals surface area (Å²) in [5.41, 5.74) is 1.12. The van der Waals surface area contributed by atoms with Gasteiger partial charge in [-0.15, -0.1) is 0 Å². The molecule has 3 rings (SSSR count). The molecule has 2 saturated heterocycles. The molecular formula is C20H29N3O2. The Kier molecular flexibility index (Phi) is 6.08. The van der Waals surface area contributed by atoms with Gasteiger partial charge in [-0.25, -0.2) is 0 Å². The number of hydrogen-bond donors (Lipinski definition) is 1. The third kappa shape index (κ3) is 4.40. The summed E-state index contributed by atoms with van der Waals surface area (Å²) in [4.78, 5) is 29.4. The van der Waals surface area contributed by atoms with Crippen LogP contribution < -0.4 is 5.32 Å². The van der Waals surface area contributed by atoms with Crippen molar-refractivity contribution in [2.24, 2.45) is 5.92 Å². The first-order valence-corrected chi connectivity index (χ1v) is 9.52. The van der Waals surface area contributed by atoms with Gasteiger partial charge in [-0.2, -0.15) is 0 Å². The highest BCUT2D eigenvalue weighted by Crippen LogP contribution is 2.24. The molecule has 136 valence electrons. The fourth-order valence-electron chi connectivity index (χ4n) is 3.96. The van der Waals surface area contributed by atoms with Crippen LogP contribution in [0.3, 0.4) is 0 Å². The average Bonchev–Trinajstić information content (AvgIpc) is 3.01. The van der Waals surface area contributed by atoms with Crippen molar-refractivity contribution in [2.45, 2.75) is 45.2 Å². The molecular weight excluding hydrogens is 314 g/mol. The molecule has 1 aromatic carbocycles. The van der Waals surface area contributed by atoms with Crippen LogP contribution in [0.15, 0.2) is 30.3 Å². The van der Waals surface area contributed by atoms with E-state index >= 15 is 0 Å². The second-order valence-corrected chi connectivity index (χ2v) is 7.17. The van der Waals surface area contributed by atoms with E-state index in [1.165, 1.54) is 0 Å². The highest BCUT2D eigenvalue weighted by atomic mass is 16.2. The summed E-state index contributed by atoms with van der Waals surface area (Å²) < 4.78 is 0. The van der Waals surface area contributed by atoms with Crippen molar-refractivity contribution in [1.82, 2.24) is 15.1 Å². The van der Waals surface area contributed by atoms with Crippen LogP contribution >= 0.6 is 0 Å². The second-order valence-electron chi connectivity index (χ2n) is 7.17. The topological polar surface area (TPSA) is 52.7 Å². The van der Waals surface area contributed by atoms with Gasteiger partial charge in [-0.05, 0) is 37.9 Å². The van der Waals surface area contributed by atoms with Crippen LogP contribution in [-0.2, 0) is 16.1 Å². The van der Waals surface area contributed by atoms with Gasteiger partial charge in [0.25, 0.3) is 0 Å². The summed E-state index contributed by atoms with van der Waals surface area (Å²) in [6, 6.07) is 10.3. The van der Waals surface area contributed by atoms with Crippen molar-refractivity contribution in [1.29, 1.82) is 0 Å². The first kappa shape index (κ1) is 17.9. The van der Waals surface area contributed by atoms with Crippen molar-refractivity contribution in [3.63, 3.8) is 0 Å². The van der Waals surface area contributed by atoms with Crippen LogP contribution in [0.1, 0.15) is 38.2 Å². The van der Waals surface area contributed by atoms with E-state index in [2.05, 4.69) is 17.1 Å². The Bertz CT molecular complexity index is 584. The molecule has 1 N–H and O–H groups in total. The van der Waals surface area contributed by atoms with E-state index in [-0.39, 0.29) is 17.7 Å². The highest BCUT2D eigenvalue weighted by molar-refractivity contribution is 5.89. The van der Waals surface area contributed by atoms with E-state index in [1.54, 1.807) is 0 Å². The molecule has 25 heavy (non-hydrogen) atoms. The van der Waals surface area contributed by atoms with Crippen molar-refractivity contribution < 1.29 is 9.59 Å². The molecule has 0 bridgehead atoms. The first-order valence-electron chi connectivity index (χ1n) is 9.52. The fraction of sp³-hybridized carbons (Fsp3) is 0.600. The van der Waals surface area contributed by atoms with Gasteiger partial charge in [0.2, 0.25) is 11.8 Å². The SMILES string of the molecule is CCCN(C(=O)C1CC(=O)N(Cc2ccccc2)C1)C1CCNCC1. The third-order valence-corrected chi connectivity index (χ3v) is 5.28. The average molecular weight is 343 g/mol. The first-order chi connectivity index (χ1) is 12.2. The van der Waals surface area contributed by atoms with E-state index in [0.29, 0.717) is 25.6 Å². The minimum absolute atomic E-state index is 0.101. The van der Waals surface area contributed by atoms with E-state index in [4.69, 9.17) is 0 Å². The summed E-state index contributed by atoms with van der Waals surface area (Å²) >= 11 is 0. The van der Waals surface area contributed by atoms with Crippen molar-refractivity contribution in [3.8, 4) is 0 Å². The summed E-state index contributed by atoms with van der Waals surface area (Å²) in [5.74, 6) is 0.0965. The van der Waals surface area contributed by atoms with Gasteiger partial charge in [0.05, 0.1) is 5.92 Å². The minimum Gasteiger partial charge on any atom is -0.339 e. The van der Waals surface area contributed by atoms with E-state index < -0.39 is 0 Å². The molecule has 2 fully saturated rings.